The zero-order valence-electron chi connectivity index (χ0n) is 7.37. The monoisotopic (exact) mass is 197 g/mol. The van der Waals surface area contributed by atoms with Crippen LogP contribution in [-0.4, -0.2) is 11.1 Å². The van der Waals surface area contributed by atoms with Crippen LogP contribution in [0.25, 0.3) is 0 Å². The lowest BCUT2D eigenvalue weighted by molar-refractivity contribution is 0.114. The summed E-state index contributed by atoms with van der Waals surface area (Å²) < 4.78 is 5.62. The smallest absolute Gasteiger partial charge is 0.213 e. The molecule has 1 heterocycles. The molecule has 1 aliphatic carbocycles. The first-order chi connectivity index (χ1) is 6.38. The van der Waals surface area contributed by atoms with E-state index in [0.29, 0.717) is 17.9 Å². The van der Waals surface area contributed by atoms with Crippen LogP contribution in [0.2, 0.25) is 0 Å². The van der Waals surface area contributed by atoms with Gasteiger partial charge in [0.2, 0.25) is 5.88 Å². The Morgan fingerprint density at radius 2 is 2.31 bits per heavy atom. The Morgan fingerprint density at radius 3 is 2.92 bits per heavy atom. The molecule has 1 aromatic heterocycles. The summed E-state index contributed by atoms with van der Waals surface area (Å²) in [5.74, 6) is 1.16. The maximum absolute atomic E-state index is 5.67. The van der Waals surface area contributed by atoms with E-state index in [9.17, 15) is 0 Å². The molecule has 0 spiro atoms. The number of nitrogens with zero attached hydrogens (tertiary/aromatic N) is 1. The average Bonchev–Trinajstić information content (AvgIpc) is 2.12. The molecule has 70 valence electrons. The molecule has 0 radical (unpaired) electrons. The fraction of sp³-hybridized carbons (Fsp3) is 0.500. The first kappa shape index (κ1) is 8.82. The molecule has 0 aromatic carbocycles. The minimum absolute atomic E-state index is 0.387. The van der Waals surface area contributed by atoms with E-state index in [1.807, 2.05) is 18.2 Å². The maximum Gasteiger partial charge on any atom is 0.213 e. The lowest BCUT2D eigenvalue weighted by Crippen LogP contribution is -2.25. The van der Waals surface area contributed by atoms with Crippen LogP contribution >= 0.6 is 11.6 Å². The molecular weight excluding hydrogens is 186 g/mol. The number of rotatable bonds is 3. The molecule has 13 heavy (non-hydrogen) atoms. The van der Waals surface area contributed by atoms with Crippen LogP contribution in [-0.2, 0) is 5.88 Å². The Kier molecular flexibility index (Phi) is 2.69. The minimum atomic E-state index is 0.387. The standard InChI is InChI=1S/C10H12ClNO/c11-7-8-3-1-6-10(12-8)13-9-4-2-5-9/h1,3,6,9H,2,4-5,7H2. The Bertz CT molecular complexity index is 286. The van der Waals surface area contributed by atoms with E-state index in [1.54, 1.807) is 0 Å². The van der Waals surface area contributed by atoms with Gasteiger partial charge in [0.1, 0.15) is 6.10 Å². The summed E-state index contributed by atoms with van der Waals surface area (Å²) in [6, 6.07) is 5.72. The Labute approximate surface area is 82.9 Å². The van der Waals surface area contributed by atoms with E-state index < -0.39 is 0 Å². The van der Waals surface area contributed by atoms with Gasteiger partial charge in [-0.1, -0.05) is 6.07 Å². The molecule has 0 bridgehead atoms. The van der Waals surface area contributed by atoms with Crippen molar-refractivity contribution in [2.24, 2.45) is 0 Å². The van der Waals surface area contributed by atoms with Crippen LogP contribution in [0.1, 0.15) is 25.0 Å². The second-order valence-electron chi connectivity index (χ2n) is 3.27. The molecule has 1 aliphatic rings. The highest BCUT2D eigenvalue weighted by molar-refractivity contribution is 6.16. The van der Waals surface area contributed by atoms with Gasteiger partial charge in [-0.2, -0.15) is 0 Å². The number of hydrogen-bond donors (Lipinski definition) is 0. The highest BCUT2D eigenvalue weighted by Gasteiger charge is 2.19. The Balaban J connectivity index is 2.01. The van der Waals surface area contributed by atoms with E-state index >= 15 is 0 Å². The lowest BCUT2D eigenvalue weighted by atomic mass is 9.96. The second kappa shape index (κ2) is 3.97. The quantitative estimate of drug-likeness (QED) is 0.696. The zero-order chi connectivity index (χ0) is 9.10. The Morgan fingerprint density at radius 1 is 1.46 bits per heavy atom. The molecule has 1 aromatic rings. The minimum Gasteiger partial charge on any atom is -0.474 e. The second-order valence-corrected chi connectivity index (χ2v) is 3.54. The fourth-order valence-corrected chi connectivity index (χ4v) is 1.41. The van der Waals surface area contributed by atoms with Gasteiger partial charge in [-0.3, -0.25) is 0 Å². The summed E-state index contributed by atoms with van der Waals surface area (Å²) in [4.78, 5) is 4.26. The first-order valence-corrected chi connectivity index (χ1v) is 5.10. The van der Waals surface area contributed by atoms with Crippen LogP contribution in [0.3, 0.4) is 0 Å². The van der Waals surface area contributed by atoms with Crippen molar-refractivity contribution in [2.75, 3.05) is 0 Å². The summed E-state index contributed by atoms with van der Waals surface area (Å²) in [6.45, 7) is 0. The molecule has 1 fully saturated rings. The van der Waals surface area contributed by atoms with Crippen molar-refractivity contribution in [3.05, 3.63) is 23.9 Å². The highest BCUT2D eigenvalue weighted by Crippen LogP contribution is 2.23. The zero-order valence-corrected chi connectivity index (χ0v) is 8.13. The van der Waals surface area contributed by atoms with Crippen molar-refractivity contribution in [1.82, 2.24) is 4.98 Å². The van der Waals surface area contributed by atoms with Gasteiger partial charge in [0.25, 0.3) is 0 Å². The third-order valence-electron chi connectivity index (χ3n) is 2.26. The van der Waals surface area contributed by atoms with E-state index in [4.69, 9.17) is 16.3 Å². The molecule has 2 rings (SSSR count). The van der Waals surface area contributed by atoms with Gasteiger partial charge in [-0.15, -0.1) is 11.6 Å². The number of alkyl halides is 1. The molecule has 2 nitrogen and oxygen atoms in total. The van der Waals surface area contributed by atoms with Gasteiger partial charge in [0, 0.05) is 6.07 Å². The van der Waals surface area contributed by atoms with Gasteiger partial charge in [-0.05, 0) is 25.3 Å². The van der Waals surface area contributed by atoms with Gasteiger partial charge in [0.05, 0.1) is 11.6 Å². The SMILES string of the molecule is ClCc1cccc(OC2CCC2)n1. The van der Waals surface area contributed by atoms with Gasteiger partial charge >= 0.3 is 0 Å². The third-order valence-corrected chi connectivity index (χ3v) is 2.53. The molecule has 0 aliphatic heterocycles. The largest absolute Gasteiger partial charge is 0.474 e. The summed E-state index contributed by atoms with van der Waals surface area (Å²) in [7, 11) is 0. The highest BCUT2D eigenvalue weighted by atomic mass is 35.5. The van der Waals surface area contributed by atoms with Gasteiger partial charge < -0.3 is 4.74 Å². The van der Waals surface area contributed by atoms with Crippen molar-refractivity contribution in [2.45, 2.75) is 31.2 Å². The van der Waals surface area contributed by atoms with E-state index in [1.165, 1.54) is 6.42 Å². The van der Waals surface area contributed by atoms with Crippen molar-refractivity contribution in [3.8, 4) is 5.88 Å². The van der Waals surface area contributed by atoms with E-state index in [0.717, 1.165) is 18.5 Å². The molecule has 1 saturated carbocycles. The molecular formula is C10H12ClNO. The lowest BCUT2D eigenvalue weighted by Gasteiger charge is -2.25. The molecule has 0 saturated heterocycles. The van der Waals surface area contributed by atoms with Crippen molar-refractivity contribution < 1.29 is 4.74 Å². The predicted molar refractivity (Wildman–Crippen MR) is 52.1 cm³/mol. The van der Waals surface area contributed by atoms with Crippen molar-refractivity contribution in [1.29, 1.82) is 0 Å². The number of aromatic nitrogens is 1. The summed E-state index contributed by atoms with van der Waals surface area (Å²) in [5.41, 5.74) is 0.874. The normalized spacial score (nSPS) is 16.7. The molecule has 0 atom stereocenters. The van der Waals surface area contributed by atoms with E-state index in [2.05, 4.69) is 4.98 Å². The number of hydrogen-bond acceptors (Lipinski definition) is 2. The van der Waals surface area contributed by atoms with Crippen molar-refractivity contribution in [3.63, 3.8) is 0 Å². The molecule has 3 heteroatoms. The summed E-state index contributed by atoms with van der Waals surface area (Å²) in [6.07, 6.45) is 3.98. The fourth-order valence-electron chi connectivity index (χ4n) is 1.26. The third kappa shape index (κ3) is 2.13. The van der Waals surface area contributed by atoms with Gasteiger partial charge in [-0.25, -0.2) is 4.98 Å². The molecule has 0 N–H and O–H groups in total. The Hall–Kier alpha value is -0.760. The predicted octanol–water partition coefficient (Wildman–Crippen LogP) is 2.75. The van der Waals surface area contributed by atoms with Gasteiger partial charge in [0.15, 0.2) is 0 Å². The van der Waals surface area contributed by atoms with Crippen LogP contribution in [0, 0.1) is 0 Å². The topological polar surface area (TPSA) is 22.1 Å². The van der Waals surface area contributed by atoms with E-state index in [-0.39, 0.29) is 0 Å². The summed E-state index contributed by atoms with van der Waals surface area (Å²) >= 11 is 5.67. The van der Waals surface area contributed by atoms with Crippen LogP contribution < -0.4 is 4.74 Å². The summed E-state index contributed by atoms with van der Waals surface area (Å²) in [5, 5.41) is 0. The van der Waals surface area contributed by atoms with Crippen LogP contribution in [0.4, 0.5) is 0 Å². The molecule has 0 unspecified atom stereocenters. The number of ether oxygens (including phenoxy) is 1. The maximum atomic E-state index is 5.67. The first-order valence-electron chi connectivity index (χ1n) is 4.57. The molecule has 0 amide bonds. The number of halogens is 1. The van der Waals surface area contributed by atoms with Crippen molar-refractivity contribution >= 4 is 11.6 Å². The van der Waals surface area contributed by atoms with Crippen LogP contribution in [0.5, 0.6) is 5.88 Å². The number of pyridine rings is 1. The van der Waals surface area contributed by atoms with Crippen LogP contribution in [0.15, 0.2) is 18.2 Å². The average molecular weight is 198 g/mol.